The summed E-state index contributed by atoms with van der Waals surface area (Å²) in [5.74, 6) is 0.934. The number of benzene rings is 1. The Balaban J connectivity index is 2.33. The zero-order valence-electron chi connectivity index (χ0n) is 8.20. The molecule has 1 heterocycles. The number of H-pyrrole nitrogens is 1. The average Bonchev–Trinajstić information content (AvgIpc) is 2.68. The number of hydrogen-bond acceptors (Lipinski definition) is 2. The monoisotopic (exact) mass is 265 g/mol. The summed E-state index contributed by atoms with van der Waals surface area (Å²) in [4.78, 5) is 7.52. The first-order chi connectivity index (χ1) is 7.31. The lowest BCUT2D eigenvalue weighted by atomic mass is 10.2. The second-order valence-electron chi connectivity index (χ2n) is 3.26. The molecule has 0 saturated heterocycles. The number of imidazole rings is 1. The van der Waals surface area contributed by atoms with Crippen molar-refractivity contribution in [1.29, 1.82) is 0 Å². The second kappa shape index (κ2) is 4.59. The topological polar surface area (TPSA) is 54.7 Å². The molecule has 2 aromatic rings. The van der Waals surface area contributed by atoms with Crippen molar-refractivity contribution < 1.29 is 0 Å². The molecule has 3 N–H and O–H groups in total. The molecular formula is C11H12BrN3. The van der Waals surface area contributed by atoms with Crippen LogP contribution in [0.1, 0.15) is 5.82 Å². The first-order valence-electron chi connectivity index (χ1n) is 4.80. The van der Waals surface area contributed by atoms with Gasteiger partial charge < -0.3 is 10.7 Å². The highest BCUT2D eigenvalue weighted by Crippen LogP contribution is 2.26. The van der Waals surface area contributed by atoms with Crippen molar-refractivity contribution in [3.8, 4) is 11.3 Å². The van der Waals surface area contributed by atoms with E-state index in [0.29, 0.717) is 6.54 Å². The van der Waals surface area contributed by atoms with E-state index in [2.05, 4.69) is 25.9 Å². The van der Waals surface area contributed by atoms with Crippen LogP contribution in [0.3, 0.4) is 0 Å². The predicted molar refractivity (Wildman–Crippen MR) is 64.5 cm³/mol. The number of aromatic nitrogens is 2. The van der Waals surface area contributed by atoms with Gasteiger partial charge in [0.2, 0.25) is 0 Å². The van der Waals surface area contributed by atoms with E-state index in [1.165, 1.54) is 0 Å². The van der Waals surface area contributed by atoms with Gasteiger partial charge >= 0.3 is 0 Å². The molecule has 0 aliphatic rings. The lowest BCUT2D eigenvalue weighted by Crippen LogP contribution is -2.03. The molecule has 78 valence electrons. The van der Waals surface area contributed by atoms with Crippen molar-refractivity contribution in [2.75, 3.05) is 6.54 Å². The van der Waals surface area contributed by atoms with E-state index in [0.717, 1.165) is 28.0 Å². The number of hydrogen-bond donors (Lipinski definition) is 2. The van der Waals surface area contributed by atoms with Crippen LogP contribution in [0.5, 0.6) is 0 Å². The van der Waals surface area contributed by atoms with E-state index in [1.807, 2.05) is 30.5 Å². The maximum absolute atomic E-state index is 5.47. The van der Waals surface area contributed by atoms with Crippen LogP contribution >= 0.6 is 15.9 Å². The highest BCUT2D eigenvalue weighted by molar-refractivity contribution is 9.10. The van der Waals surface area contributed by atoms with Gasteiger partial charge in [0.15, 0.2) is 0 Å². The zero-order valence-corrected chi connectivity index (χ0v) is 9.79. The van der Waals surface area contributed by atoms with Crippen LogP contribution in [0.25, 0.3) is 11.3 Å². The molecule has 0 aliphatic heterocycles. The summed E-state index contributed by atoms with van der Waals surface area (Å²) in [7, 11) is 0. The molecule has 0 amide bonds. The van der Waals surface area contributed by atoms with Gasteiger partial charge in [-0.15, -0.1) is 0 Å². The summed E-state index contributed by atoms with van der Waals surface area (Å²) in [6.45, 7) is 0.614. The normalized spacial score (nSPS) is 10.5. The van der Waals surface area contributed by atoms with Crippen molar-refractivity contribution in [3.05, 3.63) is 40.8 Å². The quantitative estimate of drug-likeness (QED) is 0.895. The number of nitrogens with two attached hydrogens (primary N) is 1. The Labute approximate surface area is 96.9 Å². The third kappa shape index (κ3) is 2.27. The largest absolute Gasteiger partial charge is 0.342 e. The summed E-state index contributed by atoms with van der Waals surface area (Å²) in [6.07, 6.45) is 2.62. The van der Waals surface area contributed by atoms with Gasteiger partial charge in [-0.1, -0.05) is 34.1 Å². The summed E-state index contributed by atoms with van der Waals surface area (Å²) in [5, 5.41) is 0. The van der Waals surface area contributed by atoms with Gasteiger partial charge in [0.05, 0.1) is 11.9 Å². The Morgan fingerprint density at radius 2 is 2.13 bits per heavy atom. The van der Waals surface area contributed by atoms with Crippen LogP contribution in [0, 0.1) is 0 Å². The minimum atomic E-state index is 0.614. The number of rotatable bonds is 3. The van der Waals surface area contributed by atoms with E-state index in [4.69, 9.17) is 5.73 Å². The van der Waals surface area contributed by atoms with E-state index in [1.54, 1.807) is 0 Å². The number of halogens is 1. The van der Waals surface area contributed by atoms with Gasteiger partial charge in [-0.05, 0) is 12.6 Å². The van der Waals surface area contributed by atoms with E-state index in [-0.39, 0.29) is 0 Å². The molecule has 0 unspecified atom stereocenters. The van der Waals surface area contributed by atoms with Crippen molar-refractivity contribution in [2.24, 2.45) is 5.73 Å². The molecule has 0 radical (unpaired) electrons. The molecule has 0 bridgehead atoms. The molecule has 0 saturated carbocycles. The SMILES string of the molecule is NCCc1ncc(-c2ccccc2Br)[nH]1. The molecule has 0 fully saturated rings. The molecule has 1 aromatic heterocycles. The molecule has 3 nitrogen and oxygen atoms in total. The van der Waals surface area contributed by atoms with Gasteiger partial charge in [0.1, 0.15) is 5.82 Å². The molecule has 15 heavy (non-hydrogen) atoms. The van der Waals surface area contributed by atoms with Crippen LogP contribution in [-0.2, 0) is 6.42 Å². The van der Waals surface area contributed by atoms with Gasteiger partial charge in [-0.3, -0.25) is 0 Å². The lowest BCUT2D eigenvalue weighted by molar-refractivity contribution is 0.895. The molecule has 2 rings (SSSR count). The van der Waals surface area contributed by atoms with Crippen molar-refractivity contribution >= 4 is 15.9 Å². The Kier molecular flexibility index (Phi) is 3.18. The predicted octanol–water partition coefficient (Wildman–Crippen LogP) is 2.34. The maximum atomic E-state index is 5.47. The van der Waals surface area contributed by atoms with E-state index < -0.39 is 0 Å². The first kappa shape index (κ1) is 10.4. The fourth-order valence-electron chi connectivity index (χ4n) is 1.44. The van der Waals surface area contributed by atoms with Crippen LogP contribution < -0.4 is 5.73 Å². The molecule has 0 aliphatic carbocycles. The minimum Gasteiger partial charge on any atom is -0.342 e. The fourth-order valence-corrected chi connectivity index (χ4v) is 1.94. The van der Waals surface area contributed by atoms with Crippen LogP contribution in [-0.4, -0.2) is 16.5 Å². The van der Waals surface area contributed by atoms with E-state index >= 15 is 0 Å². The molecule has 0 atom stereocenters. The van der Waals surface area contributed by atoms with Crippen LogP contribution in [0.2, 0.25) is 0 Å². The smallest absolute Gasteiger partial charge is 0.107 e. The Morgan fingerprint density at radius 3 is 2.87 bits per heavy atom. The summed E-state index contributed by atoms with van der Waals surface area (Å²) in [6, 6.07) is 8.05. The maximum Gasteiger partial charge on any atom is 0.107 e. The zero-order chi connectivity index (χ0) is 10.7. The standard InChI is InChI=1S/C11H12BrN3/c12-9-4-2-1-3-8(9)10-7-14-11(15-10)5-6-13/h1-4,7H,5-6,13H2,(H,14,15). The second-order valence-corrected chi connectivity index (χ2v) is 4.12. The Morgan fingerprint density at radius 1 is 1.33 bits per heavy atom. The first-order valence-corrected chi connectivity index (χ1v) is 5.59. The van der Waals surface area contributed by atoms with Gasteiger partial charge in [0.25, 0.3) is 0 Å². The molecular weight excluding hydrogens is 254 g/mol. The molecule has 4 heteroatoms. The molecule has 0 spiro atoms. The summed E-state index contributed by atoms with van der Waals surface area (Å²) >= 11 is 3.51. The number of nitrogens with one attached hydrogen (secondary N) is 1. The van der Waals surface area contributed by atoms with Gasteiger partial charge in [-0.2, -0.15) is 0 Å². The summed E-state index contributed by atoms with van der Waals surface area (Å²) < 4.78 is 1.06. The van der Waals surface area contributed by atoms with Crippen molar-refractivity contribution in [2.45, 2.75) is 6.42 Å². The molecule has 1 aromatic carbocycles. The highest BCUT2D eigenvalue weighted by atomic mass is 79.9. The minimum absolute atomic E-state index is 0.614. The number of nitrogens with zero attached hydrogens (tertiary/aromatic N) is 1. The third-order valence-corrected chi connectivity index (χ3v) is 2.87. The summed E-state index contributed by atoms with van der Waals surface area (Å²) in [5.41, 5.74) is 7.61. The van der Waals surface area contributed by atoms with Crippen LogP contribution in [0.15, 0.2) is 34.9 Å². The van der Waals surface area contributed by atoms with Crippen molar-refractivity contribution in [3.63, 3.8) is 0 Å². The van der Waals surface area contributed by atoms with Crippen LogP contribution in [0.4, 0.5) is 0 Å². The average molecular weight is 266 g/mol. The van der Waals surface area contributed by atoms with E-state index in [9.17, 15) is 0 Å². The number of aromatic amines is 1. The lowest BCUT2D eigenvalue weighted by Gasteiger charge is -2.00. The third-order valence-electron chi connectivity index (χ3n) is 2.17. The van der Waals surface area contributed by atoms with Gasteiger partial charge in [-0.25, -0.2) is 4.98 Å². The van der Waals surface area contributed by atoms with Crippen molar-refractivity contribution in [1.82, 2.24) is 9.97 Å². The fraction of sp³-hybridized carbons (Fsp3) is 0.182. The Hall–Kier alpha value is -1.13. The Bertz CT molecular complexity index is 451. The highest BCUT2D eigenvalue weighted by Gasteiger charge is 2.05. The van der Waals surface area contributed by atoms with Gasteiger partial charge in [0, 0.05) is 16.5 Å².